The van der Waals surface area contributed by atoms with Crippen LogP contribution in [0.2, 0.25) is 0 Å². The first-order valence-electron chi connectivity index (χ1n) is 7.86. The minimum Gasteiger partial charge on any atom is -0.454 e. The number of carbonyl (C=O) groups is 4. The van der Waals surface area contributed by atoms with E-state index >= 15 is 0 Å². The molecule has 29 heavy (non-hydrogen) atoms. The lowest BCUT2D eigenvalue weighted by atomic mass is 10.1. The van der Waals surface area contributed by atoms with Crippen molar-refractivity contribution in [2.24, 2.45) is 5.73 Å². The van der Waals surface area contributed by atoms with Gasteiger partial charge >= 0.3 is 12.1 Å². The third kappa shape index (κ3) is 6.31. The summed E-state index contributed by atoms with van der Waals surface area (Å²) in [4.78, 5) is 46.4. The van der Waals surface area contributed by atoms with Crippen LogP contribution in [0.1, 0.15) is 26.3 Å². The van der Waals surface area contributed by atoms with Crippen molar-refractivity contribution in [2.75, 3.05) is 18.5 Å². The van der Waals surface area contributed by atoms with E-state index < -0.39 is 48.6 Å². The van der Waals surface area contributed by atoms with Gasteiger partial charge in [0.15, 0.2) is 6.61 Å². The number of benzene rings is 1. The monoisotopic (exact) mass is 429 g/mol. The second-order valence-electron chi connectivity index (χ2n) is 5.49. The van der Waals surface area contributed by atoms with E-state index in [1.54, 1.807) is 5.38 Å². The molecule has 0 atom stereocenters. The highest BCUT2D eigenvalue weighted by molar-refractivity contribution is 7.14. The predicted octanol–water partition coefficient (Wildman–Crippen LogP) is 1.78. The molecule has 154 valence electrons. The lowest BCUT2D eigenvalue weighted by Crippen LogP contribution is -2.32. The van der Waals surface area contributed by atoms with Crippen molar-refractivity contribution in [1.82, 2.24) is 5.32 Å². The van der Waals surface area contributed by atoms with Gasteiger partial charge in [0.05, 0.1) is 11.1 Å². The summed E-state index contributed by atoms with van der Waals surface area (Å²) >= 11 is 1.05. The van der Waals surface area contributed by atoms with Gasteiger partial charge < -0.3 is 21.1 Å². The molecule has 3 amide bonds. The van der Waals surface area contributed by atoms with Crippen LogP contribution >= 0.6 is 11.3 Å². The zero-order valence-corrected chi connectivity index (χ0v) is 15.4. The molecule has 4 N–H and O–H groups in total. The minimum absolute atomic E-state index is 0.0831. The molecular weight excluding hydrogens is 415 g/mol. The highest BCUT2D eigenvalue weighted by Gasteiger charge is 2.30. The fraction of sp³-hybridized carbons (Fsp3) is 0.176. The Morgan fingerprint density at radius 2 is 1.72 bits per heavy atom. The Morgan fingerprint density at radius 1 is 1.07 bits per heavy atom. The van der Waals surface area contributed by atoms with Crippen molar-refractivity contribution in [3.8, 4) is 0 Å². The molecule has 0 radical (unpaired) electrons. The summed E-state index contributed by atoms with van der Waals surface area (Å²) in [5.74, 6) is -3.19. The third-order valence-electron chi connectivity index (χ3n) is 3.42. The summed E-state index contributed by atoms with van der Waals surface area (Å²) < 4.78 is 42.1. The Morgan fingerprint density at radius 3 is 2.31 bits per heavy atom. The first-order chi connectivity index (χ1) is 13.6. The van der Waals surface area contributed by atoms with Crippen molar-refractivity contribution in [1.29, 1.82) is 0 Å². The van der Waals surface area contributed by atoms with Gasteiger partial charge in [-0.15, -0.1) is 11.3 Å². The van der Waals surface area contributed by atoms with E-state index in [0.717, 1.165) is 35.6 Å². The Balaban J connectivity index is 1.77. The van der Waals surface area contributed by atoms with Gasteiger partial charge in [-0.2, -0.15) is 13.2 Å². The van der Waals surface area contributed by atoms with Crippen molar-refractivity contribution in [3.63, 3.8) is 0 Å². The number of anilines is 1. The van der Waals surface area contributed by atoms with Gasteiger partial charge in [-0.05, 0) is 35.7 Å². The molecule has 12 heteroatoms. The Kier molecular flexibility index (Phi) is 6.93. The number of ether oxygens (including phenoxy) is 1. The van der Waals surface area contributed by atoms with Crippen molar-refractivity contribution < 1.29 is 37.1 Å². The van der Waals surface area contributed by atoms with Crippen LogP contribution in [0.3, 0.4) is 0 Å². The Labute approximate surface area is 165 Å². The molecule has 0 bridgehead atoms. The number of amides is 3. The minimum atomic E-state index is -4.53. The van der Waals surface area contributed by atoms with Crippen LogP contribution in [0.5, 0.6) is 0 Å². The van der Waals surface area contributed by atoms with E-state index in [2.05, 4.69) is 15.4 Å². The van der Waals surface area contributed by atoms with Crippen LogP contribution in [0.25, 0.3) is 0 Å². The second kappa shape index (κ2) is 9.19. The summed E-state index contributed by atoms with van der Waals surface area (Å²) in [5.41, 5.74) is 4.25. The lowest BCUT2D eigenvalue weighted by Gasteiger charge is -2.09. The van der Waals surface area contributed by atoms with Crippen molar-refractivity contribution in [2.45, 2.75) is 6.18 Å². The first kappa shape index (κ1) is 21.9. The number of carbonyl (C=O) groups excluding carboxylic acids is 4. The summed E-state index contributed by atoms with van der Waals surface area (Å²) in [6.07, 6.45) is -4.53. The maximum absolute atomic E-state index is 12.5. The molecule has 0 saturated carbocycles. The molecule has 1 heterocycles. The molecule has 0 aliphatic heterocycles. The van der Waals surface area contributed by atoms with Gasteiger partial charge in [0, 0.05) is 5.56 Å². The van der Waals surface area contributed by atoms with Crippen molar-refractivity contribution in [3.05, 3.63) is 52.4 Å². The number of halogens is 3. The fourth-order valence-corrected chi connectivity index (χ4v) is 2.83. The van der Waals surface area contributed by atoms with E-state index in [4.69, 9.17) is 5.73 Å². The molecule has 0 saturated heterocycles. The van der Waals surface area contributed by atoms with Crippen molar-refractivity contribution >= 4 is 40.0 Å². The van der Waals surface area contributed by atoms with Gasteiger partial charge in [-0.3, -0.25) is 19.2 Å². The van der Waals surface area contributed by atoms with E-state index in [1.807, 2.05) is 0 Å². The van der Waals surface area contributed by atoms with E-state index in [0.29, 0.717) is 0 Å². The van der Waals surface area contributed by atoms with Crippen LogP contribution < -0.4 is 16.4 Å². The highest BCUT2D eigenvalue weighted by Crippen LogP contribution is 2.29. The Hall–Kier alpha value is -3.41. The number of alkyl halides is 3. The van der Waals surface area contributed by atoms with Crippen LogP contribution in [-0.4, -0.2) is 36.8 Å². The normalized spacial score (nSPS) is 10.9. The smallest absolute Gasteiger partial charge is 0.416 e. The molecule has 1 aromatic carbocycles. The van der Waals surface area contributed by atoms with Crippen LogP contribution in [0.15, 0.2) is 35.7 Å². The number of nitrogens with two attached hydrogens (primary N) is 1. The molecular formula is C17H14F3N3O5S. The number of primary amides is 1. The molecule has 2 aromatic rings. The molecule has 0 aliphatic carbocycles. The first-order valence-corrected chi connectivity index (χ1v) is 8.74. The second-order valence-corrected chi connectivity index (χ2v) is 6.41. The molecule has 1 aromatic heterocycles. The molecule has 8 nitrogen and oxygen atoms in total. The number of thiophene rings is 1. The predicted molar refractivity (Wildman–Crippen MR) is 96.2 cm³/mol. The average Bonchev–Trinajstić information content (AvgIpc) is 3.12. The maximum Gasteiger partial charge on any atom is 0.416 e. The molecule has 0 unspecified atom stereocenters. The van der Waals surface area contributed by atoms with Gasteiger partial charge in [0.25, 0.3) is 17.7 Å². The third-order valence-corrected chi connectivity index (χ3v) is 4.25. The summed E-state index contributed by atoms with van der Waals surface area (Å²) in [7, 11) is 0. The van der Waals surface area contributed by atoms with Gasteiger partial charge in [0.2, 0.25) is 0 Å². The van der Waals surface area contributed by atoms with Crippen LogP contribution in [0, 0.1) is 0 Å². The summed E-state index contributed by atoms with van der Waals surface area (Å²) in [6.45, 7) is -1.27. The van der Waals surface area contributed by atoms with E-state index in [-0.39, 0.29) is 16.1 Å². The summed E-state index contributed by atoms with van der Waals surface area (Å²) in [5, 5.41) is 6.27. The fourth-order valence-electron chi connectivity index (χ4n) is 2.02. The quantitative estimate of drug-likeness (QED) is 0.578. The SMILES string of the molecule is NC(=O)c1ccsc1NC(=O)COC(=O)CNC(=O)c1ccc(C(F)(F)F)cc1. The lowest BCUT2D eigenvalue weighted by molar-refractivity contribution is -0.146. The topological polar surface area (TPSA) is 128 Å². The number of rotatable bonds is 7. The molecule has 2 rings (SSSR count). The Bertz CT molecular complexity index is 925. The van der Waals surface area contributed by atoms with E-state index in [9.17, 15) is 32.3 Å². The number of nitrogens with one attached hydrogen (secondary N) is 2. The van der Waals surface area contributed by atoms with Gasteiger partial charge in [-0.1, -0.05) is 0 Å². The van der Waals surface area contributed by atoms with Crippen LogP contribution in [0.4, 0.5) is 18.2 Å². The number of hydrogen-bond acceptors (Lipinski definition) is 6. The average molecular weight is 429 g/mol. The standard InChI is InChI=1S/C17H14F3N3O5S/c18-17(19,20)10-3-1-9(2-4-10)15(27)22-7-13(25)28-8-12(24)23-16-11(14(21)26)5-6-29-16/h1-6H,7-8H2,(H2,21,26)(H,22,27)(H,23,24). The zero-order valence-electron chi connectivity index (χ0n) is 14.5. The molecule has 0 fully saturated rings. The highest BCUT2D eigenvalue weighted by atomic mass is 32.1. The molecule has 0 aliphatic rings. The van der Waals surface area contributed by atoms with Crippen LogP contribution in [-0.2, 0) is 20.5 Å². The number of esters is 1. The largest absolute Gasteiger partial charge is 0.454 e. The number of hydrogen-bond donors (Lipinski definition) is 3. The molecule has 0 spiro atoms. The maximum atomic E-state index is 12.5. The van der Waals surface area contributed by atoms with E-state index in [1.165, 1.54) is 6.07 Å². The zero-order chi connectivity index (χ0) is 21.6. The van der Waals surface area contributed by atoms with Gasteiger partial charge in [0.1, 0.15) is 11.5 Å². The van der Waals surface area contributed by atoms with Gasteiger partial charge in [-0.25, -0.2) is 0 Å². The summed E-state index contributed by atoms with van der Waals surface area (Å²) in [6, 6.07) is 4.83.